The predicted octanol–water partition coefficient (Wildman–Crippen LogP) is 3.04. The van der Waals surface area contributed by atoms with Crippen LogP contribution in [0.25, 0.3) is 10.8 Å². The molecule has 0 aliphatic rings. The smallest absolute Gasteiger partial charge is 0.394 e. The van der Waals surface area contributed by atoms with Gasteiger partial charge in [-0.3, -0.25) is 0 Å². The van der Waals surface area contributed by atoms with Crippen LogP contribution in [0.15, 0.2) is 36.4 Å². The Labute approximate surface area is 161 Å². The van der Waals surface area contributed by atoms with E-state index in [4.69, 9.17) is 14.9 Å². The van der Waals surface area contributed by atoms with Crippen LogP contribution < -0.4 is 0 Å². The zero-order valence-electron chi connectivity index (χ0n) is 14.8. The summed E-state index contributed by atoms with van der Waals surface area (Å²) in [7, 11) is 0. The van der Waals surface area contributed by atoms with Crippen molar-refractivity contribution in [1.29, 1.82) is 0 Å². The lowest BCUT2D eigenvalue weighted by Gasteiger charge is -2.28. The zero-order chi connectivity index (χ0) is 21.9. The topological polar surface area (TPSA) is 79.2 Å². The zero-order valence-corrected chi connectivity index (χ0v) is 14.8. The number of alkyl halides is 6. The molecule has 0 aromatic heterocycles. The molecule has 2 aromatic rings. The summed E-state index contributed by atoms with van der Waals surface area (Å²) in [4.78, 5) is 0. The second kappa shape index (κ2) is 8.84. The normalized spacial score (nSPS) is 14.4. The molecule has 162 valence electrons. The van der Waals surface area contributed by atoms with Gasteiger partial charge in [0.15, 0.2) is 0 Å². The highest BCUT2D eigenvalue weighted by molar-refractivity contribution is 5.83. The highest BCUT2D eigenvalue weighted by atomic mass is 19.4. The first-order chi connectivity index (χ1) is 13.4. The van der Waals surface area contributed by atoms with Gasteiger partial charge in [-0.1, -0.05) is 24.3 Å². The molecule has 11 heteroatoms. The molecule has 0 amide bonds. The third kappa shape index (κ3) is 5.58. The van der Waals surface area contributed by atoms with Crippen molar-refractivity contribution in [2.75, 3.05) is 13.2 Å². The van der Waals surface area contributed by atoms with Crippen molar-refractivity contribution >= 4 is 10.8 Å². The van der Waals surface area contributed by atoms with Crippen LogP contribution in [0.1, 0.15) is 11.1 Å². The third-order valence-corrected chi connectivity index (χ3v) is 3.92. The van der Waals surface area contributed by atoms with Gasteiger partial charge in [-0.05, 0) is 34.0 Å². The fourth-order valence-electron chi connectivity index (χ4n) is 2.33. The van der Waals surface area contributed by atoms with E-state index in [0.717, 1.165) is 0 Å². The summed E-state index contributed by atoms with van der Waals surface area (Å²) in [6.07, 6.45) is -12.6. The van der Waals surface area contributed by atoms with Crippen molar-refractivity contribution in [2.24, 2.45) is 0 Å². The van der Waals surface area contributed by atoms with Crippen LogP contribution in [0.5, 0.6) is 0 Å². The van der Waals surface area contributed by atoms with Crippen molar-refractivity contribution < 1.29 is 51.1 Å². The van der Waals surface area contributed by atoms with Crippen molar-refractivity contribution in [3.05, 3.63) is 47.5 Å². The minimum absolute atomic E-state index is 0.0179. The number of hydrogen-bond donors (Lipinski definition) is 3. The van der Waals surface area contributed by atoms with Gasteiger partial charge in [0.05, 0.1) is 26.4 Å². The second-order valence-electron chi connectivity index (χ2n) is 6.29. The second-order valence-corrected chi connectivity index (χ2v) is 6.29. The minimum Gasteiger partial charge on any atom is -0.394 e. The Balaban J connectivity index is 2.05. The molecule has 1 unspecified atom stereocenters. The Morgan fingerprint density at radius 1 is 0.862 bits per heavy atom. The van der Waals surface area contributed by atoms with Gasteiger partial charge in [-0.15, -0.1) is 0 Å². The van der Waals surface area contributed by atoms with E-state index in [1.807, 2.05) is 0 Å². The van der Waals surface area contributed by atoms with Crippen LogP contribution in [0.3, 0.4) is 0 Å². The van der Waals surface area contributed by atoms with Gasteiger partial charge in [0.2, 0.25) is 0 Å². The lowest BCUT2D eigenvalue weighted by atomic mass is 10.0. The minimum atomic E-state index is -6.10. The van der Waals surface area contributed by atoms with Crippen LogP contribution in [0, 0.1) is 0 Å². The fraction of sp³-hybridized carbons (Fsp3) is 0.444. The molecule has 0 fully saturated rings. The van der Waals surface area contributed by atoms with E-state index in [1.54, 1.807) is 18.2 Å². The number of aliphatic hydroxyl groups excluding tert-OH is 2. The monoisotopic (exact) mass is 428 g/mol. The number of fused-ring (bicyclic) bond motifs is 1. The number of hydrogen-bond acceptors (Lipinski definition) is 5. The maximum Gasteiger partial charge on any atom is 0.428 e. The molecule has 0 heterocycles. The summed E-state index contributed by atoms with van der Waals surface area (Å²) < 4.78 is 86.1. The molecule has 0 saturated carbocycles. The fourth-order valence-corrected chi connectivity index (χ4v) is 2.33. The number of ether oxygens (including phenoxy) is 2. The number of benzene rings is 2. The molecule has 5 nitrogen and oxygen atoms in total. The highest BCUT2D eigenvalue weighted by Crippen LogP contribution is 2.45. The standard InChI is InChI=1S/C18H18F6O5/c19-16(20,17(21,22)27)18(23,24)29-9-12-2-4-13-5-11(1-3-14(13)6-12)8-28-10-15(26)7-25/h1-6,15,25-27H,7-10H2. The molecule has 0 radical (unpaired) electrons. The Kier molecular flexibility index (Phi) is 7.12. The van der Waals surface area contributed by atoms with Crippen molar-refractivity contribution in [2.45, 2.75) is 37.5 Å². The van der Waals surface area contributed by atoms with Gasteiger partial charge < -0.3 is 24.8 Å². The van der Waals surface area contributed by atoms with Crippen molar-refractivity contribution in [3.8, 4) is 0 Å². The first-order valence-electron chi connectivity index (χ1n) is 8.25. The van der Waals surface area contributed by atoms with Crippen LogP contribution in [0.4, 0.5) is 26.3 Å². The lowest BCUT2D eigenvalue weighted by molar-refractivity contribution is -0.443. The predicted molar refractivity (Wildman–Crippen MR) is 88.5 cm³/mol. The SMILES string of the molecule is OCC(O)COCc1ccc2cc(COC(F)(F)C(F)(F)C(O)(F)F)ccc2c1. The molecular weight excluding hydrogens is 410 g/mol. The summed E-state index contributed by atoms with van der Waals surface area (Å²) in [5.74, 6) is -6.10. The molecule has 2 rings (SSSR count). The first kappa shape index (κ1) is 23.4. The quantitative estimate of drug-likeness (QED) is 0.507. The maximum absolute atomic E-state index is 13.3. The van der Waals surface area contributed by atoms with Gasteiger partial charge in [-0.2, -0.15) is 26.3 Å². The van der Waals surface area contributed by atoms with Gasteiger partial charge in [0, 0.05) is 0 Å². The van der Waals surface area contributed by atoms with E-state index in [0.29, 0.717) is 16.3 Å². The largest absolute Gasteiger partial charge is 0.428 e. The van der Waals surface area contributed by atoms with Gasteiger partial charge in [0.25, 0.3) is 0 Å². The Morgan fingerprint density at radius 3 is 1.86 bits per heavy atom. The average molecular weight is 428 g/mol. The van der Waals surface area contributed by atoms with Crippen LogP contribution in [0.2, 0.25) is 0 Å². The molecule has 0 aliphatic carbocycles. The molecule has 0 bridgehead atoms. The number of halogens is 6. The summed E-state index contributed by atoms with van der Waals surface area (Å²) in [6, 6.07) is 9.04. The third-order valence-electron chi connectivity index (χ3n) is 3.92. The molecule has 0 saturated heterocycles. The van der Waals surface area contributed by atoms with E-state index in [9.17, 15) is 31.4 Å². The first-order valence-corrected chi connectivity index (χ1v) is 8.25. The highest BCUT2D eigenvalue weighted by Gasteiger charge is 2.73. The summed E-state index contributed by atoms with van der Waals surface area (Å²) in [6.45, 7) is -1.48. The Hall–Kier alpha value is -1.92. The van der Waals surface area contributed by atoms with E-state index in [1.165, 1.54) is 18.2 Å². The van der Waals surface area contributed by atoms with E-state index >= 15 is 0 Å². The number of rotatable bonds is 10. The Bertz CT molecular complexity index is 824. The molecule has 0 spiro atoms. The molecule has 29 heavy (non-hydrogen) atoms. The van der Waals surface area contributed by atoms with E-state index in [2.05, 4.69) is 4.74 Å². The summed E-state index contributed by atoms with van der Waals surface area (Å²) in [5, 5.41) is 27.1. The number of aliphatic hydroxyl groups is 3. The van der Waals surface area contributed by atoms with Crippen molar-refractivity contribution in [1.82, 2.24) is 0 Å². The summed E-state index contributed by atoms with van der Waals surface area (Å²) in [5.41, 5.74) is 0.729. The van der Waals surface area contributed by atoms with Crippen LogP contribution >= 0.6 is 0 Å². The molecule has 2 aromatic carbocycles. The van der Waals surface area contributed by atoms with Gasteiger partial charge in [0.1, 0.15) is 6.10 Å². The van der Waals surface area contributed by atoms with Crippen LogP contribution in [-0.4, -0.2) is 52.8 Å². The Morgan fingerprint density at radius 2 is 1.38 bits per heavy atom. The molecule has 3 N–H and O–H groups in total. The van der Waals surface area contributed by atoms with Gasteiger partial charge >= 0.3 is 18.1 Å². The molecule has 0 aliphatic heterocycles. The average Bonchev–Trinajstić information content (AvgIpc) is 2.65. The van der Waals surface area contributed by atoms with E-state index < -0.39 is 37.5 Å². The molecular formula is C18H18F6O5. The van der Waals surface area contributed by atoms with Crippen molar-refractivity contribution in [3.63, 3.8) is 0 Å². The lowest BCUT2D eigenvalue weighted by Crippen LogP contribution is -2.55. The maximum atomic E-state index is 13.3. The van der Waals surface area contributed by atoms with Crippen LogP contribution in [-0.2, 0) is 22.7 Å². The van der Waals surface area contributed by atoms with Gasteiger partial charge in [-0.25, -0.2) is 0 Å². The molecule has 1 atom stereocenters. The van der Waals surface area contributed by atoms with E-state index in [-0.39, 0.29) is 18.8 Å². The summed E-state index contributed by atoms with van der Waals surface area (Å²) >= 11 is 0.